The minimum Gasteiger partial charge on any atom is -0.357 e. The van der Waals surface area contributed by atoms with Crippen molar-refractivity contribution in [3.63, 3.8) is 0 Å². The van der Waals surface area contributed by atoms with Gasteiger partial charge in [-0.3, -0.25) is 4.99 Å². The Kier molecular flexibility index (Phi) is 7.13. The molecule has 1 heterocycles. The molecule has 0 radical (unpaired) electrons. The third kappa shape index (κ3) is 4.79. The van der Waals surface area contributed by atoms with Crippen LogP contribution in [0.4, 0.5) is 0 Å². The maximum Gasteiger partial charge on any atom is 0.191 e. The summed E-state index contributed by atoms with van der Waals surface area (Å²) in [5, 5.41) is 6.88. The summed E-state index contributed by atoms with van der Waals surface area (Å²) >= 11 is 2.08. The molecule has 0 aromatic heterocycles. The molecule has 0 amide bonds. The van der Waals surface area contributed by atoms with E-state index in [1.54, 1.807) is 0 Å². The van der Waals surface area contributed by atoms with Gasteiger partial charge in [0.15, 0.2) is 5.96 Å². The fraction of sp³-hybridized carbons (Fsp3) is 0.923. The maximum atomic E-state index is 4.76. The zero-order valence-electron chi connectivity index (χ0n) is 11.5. The molecule has 0 spiro atoms. The molecule has 1 atom stereocenters. The van der Waals surface area contributed by atoms with Crippen molar-refractivity contribution in [1.82, 2.24) is 10.6 Å². The molecule has 0 bridgehead atoms. The van der Waals surface area contributed by atoms with Crippen LogP contribution in [0.25, 0.3) is 0 Å². The van der Waals surface area contributed by atoms with Crippen molar-refractivity contribution in [3.8, 4) is 0 Å². The maximum absolute atomic E-state index is 4.76. The van der Waals surface area contributed by atoms with Crippen molar-refractivity contribution >= 4 is 41.7 Å². The van der Waals surface area contributed by atoms with Crippen LogP contribution in [-0.4, -0.2) is 35.6 Å². The summed E-state index contributed by atoms with van der Waals surface area (Å²) in [6.07, 6.45) is 6.63. The molecule has 1 saturated carbocycles. The number of nitrogens with one attached hydrogen (secondary N) is 2. The number of aliphatic imine (C=N–C) groups is 1. The standard InChI is InChI=1S/C13H25N3S.HI/c1-3-14-12(16-11-6-4-7-11)15-10-13(2)8-5-9-17-13;/h11H,3-10H2,1-2H3,(H2,14,15,16);1H. The van der Waals surface area contributed by atoms with Gasteiger partial charge in [-0.15, -0.1) is 24.0 Å². The number of nitrogens with zero attached hydrogens (tertiary/aromatic N) is 1. The largest absolute Gasteiger partial charge is 0.357 e. The van der Waals surface area contributed by atoms with Gasteiger partial charge in [-0.05, 0) is 51.7 Å². The van der Waals surface area contributed by atoms with Gasteiger partial charge in [0.25, 0.3) is 0 Å². The lowest BCUT2D eigenvalue weighted by Gasteiger charge is -2.29. The Morgan fingerprint density at radius 1 is 1.39 bits per heavy atom. The molecule has 1 saturated heterocycles. The number of halogens is 1. The zero-order chi connectivity index (χ0) is 12.1. The van der Waals surface area contributed by atoms with Crippen molar-refractivity contribution in [2.75, 3.05) is 18.8 Å². The molecule has 1 unspecified atom stereocenters. The first-order chi connectivity index (χ1) is 8.22. The zero-order valence-corrected chi connectivity index (χ0v) is 14.6. The predicted octanol–water partition coefficient (Wildman–Crippen LogP) is 3.00. The Hall–Kier alpha value is 0.350. The SMILES string of the molecule is CCNC(=NCC1(C)CCCS1)NC1CCC1.I. The topological polar surface area (TPSA) is 36.4 Å². The van der Waals surface area contributed by atoms with Gasteiger partial charge in [0, 0.05) is 17.3 Å². The fourth-order valence-corrected chi connectivity index (χ4v) is 3.50. The van der Waals surface area contributed by atoms with Gasteiger partial charge in [-0.25, -0.2) is 0 Å². The summed E-state index contributed by atoms with van der Waals surface area (Å²) in [6.45, 7) is 6.37. The second-order valence-electron chi connectivity index (χ2n) is 5.37. The first kappa shape index (κ1) is 16.4. The highest BCUT2D eigenvalue weighted by Gasteiger charge is 2.29. The molecule has 2 N–H and O–H groups in total. The highest BCUT2D eigenvalue weighted by atomic mass is 127. The summed E-state index contributed by atoms with van der Waals surface area (Å²) in [5.74, 6) is 2.32. The van der Waals surface area contributed by atoms with Crippen LogP contribution in [0.5, 0.6) is 0 Å². The van der Waals surface area contributed by atoms with Gasteiger partial charge in [0.2, 0.25) is 0 Å². The van der Waals surface area contributed by atoms with Crippen LogP contribution < -0.4 is 10.6 Å². The van der Waals surface area contributed by atoms with Crippen molar-refractivity contribution < 1.29 is 0 Å². The third-order valence-electron chi connectivity index (χ3n) is 3.66. The van der Waals surface area contributed by atoms with Crippen LogP contribution in [0.1, 0.15) is 46.0 Å². The Balaban J connectivity index is 0.00000162. The van der Waals surface area contributed by atoms with Crippen molar-refractivity contribution in [1.29, 1.82) is 0 Å². The minimum absolute atomic E-state index is 0. The van der Waals surface area contributed by atoms with E-state index in [9.17, 15) is 0 Å². The van der Waals surface area contributed by atoms with E-state index in [1.807, 2.05) is 0 Å². The first-order valence-electron chi connectivity index (χ1n) is 6.91. The quantitative estimate of drug-likeness (QED) is 0.445. The highest BCUT2D eigenvalue weighted by Crippen LogP contribution is 2.37. The molecule has 2 fully saturated rings. The molecular formula is C13H26IN3S. The van der Waals surface area contributed by atoms with Gasteiger partial charge < -0.3 is 10.6 Å². The summed E-state index contributed by atoms with van der Waals surface area (Å²) in [4.78, 5) is 4.76. The molecule has 1 aliphatic carbocycles. The molecular weight excluding hydrogens is 357 g/mol. The highest BCUT2D eigenvalue weighted by molar-refractivity contribution is 14.0. The number of hydrogen-bond acceptors (Lipinski definition) is 2. The smallest absolute Gasteiger partial charge is 0.191 e. The van der Waals surface area contributed by atoms with Crippen LogP contribution in [0, 0.1) is 0 Å². The van der Waals surface area contributed by atoms with Crippen molar-refractivity contribution in [2.45, 2.75) is 56.7 Å². The van der Waals surface area contributed by atoms with Gasteiger partial charge in [0.05, 0.1) is 6.54 Å². The van der Waals surface area contributed by atoms with Gasteiger partial charge in [-0.1, -0.05) is 0 Å². The molecule has 5 heteroatoms. The molecule has 106 valence electrons. The van der Waals surface area contributed by atoms with Crippen LogP contribution >= 0.6 is 35.7 Å². The number of guanidine groups is 1. The molecule has 1 aliphatic heterocycles. The Morgan fingerprint density at radius 2 is 2.17 bits per heavy atom. The van der Waals surface area contributed by atoms with Crippen molar-refractivity contribution in [2.24, 2.45) is 4.99 Å². The summed E-state index contributed by atoms with van der Waals surface area (Å²) < 4.78 is 0.377. The average molecular weight is 383 g/mol. The van der Waals surface area contributed by atoms with E-state index in [1.165, 1.54) is 37.9 Å². The summed E-state index contributed by atoms with van der Waals surface area (Å²) in [6, 6.07) is 0.664. The van der Waals surface area contributed by atoms with E-state index in [4.69, 9.17) is 4.99 Å². The van der Waals surface area contributed by atoms with Gasteiger partial charge >= 0.3 is 0 Å². The molecule has 18 heavy (non-hydrogen) atoms. The van der Waals surface area contributed by atoms with E-state index in [-0.39, 0.29) is 24.0 Å². The summed E-state index contributed by atoms with van der Waals surface area (Å²) in [5.41, 5.74) is 0. The normalized spacial score (nSPS) is 28.4. The van der Waals surface area contributed by atoms with Crippen molar-refractivity contribution in [3.05, 3.63) is 0 Å². The minimum atomic E-state index is 0. The average Bonchev–Trinajstić information content (AvgIpc) is 2.67. The molecule has 2 rings (SSSR count). The van der Waals surface area contributed by atoms with Crippen LogP contribution in [-0.2, 0) is 0 Å². The lowest BCUT2D eigenvalue weighted by atomic mass is 9.93. The lowest BCUT2D eigenvalue weighted by Crippen LogP contribution is -2.46. The fourth-order valence-electron chi connectivity index (χ4n) is 2.27. The Bertz CT molecular complexity index is 273. The van der Waals surface area contributed by atoms with E-state index in [2.05, 4.69) is 36.2 Å². The van der Waals surface area contributed by atoms with E-state index >= 15 is 0 Å². The van der Waals surface area contributed by atoms with Gasteiger partial charge in [0.1, 0.15) is 0 Å². The van der Waals surface area contributed by atoms with E-state index in [0.29, 0.717) is 10.8 Å². The van der Waals surface area contributed by atoms with E-state index in [0.717, 1.165) is 19.0 Å². The van der Waals surface area contributed by atoms with Crippen LogP contribution in [0.15, 0.2) is 4.99 Å². The Labute approximate surface area is 132 Å². The monoisotopic (exact) mass is 383 g/mol. The van der Waals surface area contributed by atoms with Crippen LogP contribution in [0.2, 0.25) is 0 Å². The molecule has 0 aromatic carbocycles. The lowest BCUT2D eigenvalue weighted by molar-refractivity contribution is 0.379. The third-order valence-corrected chi connectivity index (χ3v) is 5.19. The number of hydrogen-bond donors (Lipinski definition) is 2. The molecule has 0 aromatic rings. The predicted molar refractivity (Wildman–Crippen MR) is 92.3 cm³/mol. The number of rotatable bonds is 4. The second-order valence-corrected chi connectivity index (χ2v) is 7.05. The van der Waals surface area contributed by atoms with E-state index < -0.39 is 0 Å². The first-order valence-corrected chi connectivity index (χ1v) is 7.89. The molecule has 3 nitrogen and oxygen atoms in total. The van der Waals surface area contributed by atoms with Gasteiger partial charge in [-0.2, -0.15) is 11.8 Å². The number of thioether (sulfide) groups is 1. The Morgan fingerprint density at radius 3 is 2.67 bits per heavy atom. The summed E-state index contributed by atoms with van der Waals surface area (Å²) in [7, 11) is 0. The molecule has 2 aliphatic rings. The second kappa shape index (κ2) is 7.82. The van der Waals surface area contributed by atoms with Crippen LogP contribution in [0.3, 0.4) is 0 Å².